The van der Waals surface area contributed by atoms with Gasteiger partial charge in [-0.05, 0) is 37.0 Å². The Morgan fingerprint density at radius 3 is 2.59 bits per heavy atom. The van der Waals surface area contributed by atoms with Gasteiger partial charge in [-0.2, -0.15) is 0 Å². The van der Waals surface area contributed by atoms with E-state index in [0.29, 0.717) is 5.56 Å². The molecule has 0 spiro atoms. The summed E-state index contributed by atoms with van der Waals surface area (Å²) in [6.07, 6.45) is 6.89. The Bertz CT molecular complexity index is 363. The minimum atomic E-state index is -0.829. The molecule has 0 fully saturated rings. The maximum absolute atomic E-state index is 13.0. The first kappa shape index (κ1) is 13.8. The second-order valence-corrected chi connectivity index (χ2v) is 4.21. The number of hydrogen-bond donors (Lipinski definition) is 1. The van der Waals surface area contributed by atoms with E-state index in [9.17, 15) is 8.78 Å². The predicted octanol–water partition coefficient (Wildman–Crippen LogP) is 4.10. The number of benzene rings is 1. The zero-order valence-corrected chi connectivity index (χ0v) is 9.96. The van der Waals surface area contributed by atoms with Crippen molar-refractivity contribution >= 4 is 0 Å². The summed E-state index contributed by atoms with van der Waals surface area (Å²) >= 11 is 0. The van der Waals surface area contributed by atoms with E-state index in [-0.39, 0.29) is 6.04 Å². The van der Waals surface area contributed by atoms with E-state index in [1.54, 1.807) is 6.07 Å². The first-order chi connectivity index (χ1) is 8.15. The van der Waals surface area contributed by atoms with E-state index in [1.165, 1.54) is 6.07 Å². The molecule has 1 aromatic carbocycles. The average Bonchev–Trinajstić information content (AvgIpc) is 2.32. The maximum atomic E-state index is 13.0. The monoisotopic (exact) mass is 239 g/mol. The fourth-order valence-electron chi connectivity index (χ4n) is 1.74. The van der Waals surface area contributed by atoms with Gasteiger partial charge in [0.25, 0.3) is 0 Å². The van der Waals surface area contributed by atoms with Crippen LogP contribution in [0.15, 0.2) is 30.9 Å². The minimum Gasteiger partial charge on any atom is -0.324 e. The summed E-state index contributed by atoms with van der Waals surface area (Å²) in [5.74, 6) is -1.66. The summed E-state index contributed by atoms with van der Waals surface area (Å²) in [6.45, 7) is 3.66. The van der Waals surface area contributed by atoms with Crippen LogP contribution in [0.5, 0.6) is 0 Å². The smallest absolute Gasteiger partial charge is 0.159 e. The van der Waals surface area contributed by atoms with Crippen molar-refractivity contribution in [3.05, 3.63) is 48.1 Å². The Balaban J connectivity index is 2.38. The SMILES string of the molecule is C=CCCCCCC(N)c1ccc(F)c(F)c1. The van der Waals surface area contributed by atoms with E-state index in [1.807, 2.05) is 6.08 Å². The van der Waals surface area contributed by atoms with Gasteiger partial charge in [-0.3, -0.25) is 0 Å². The Morgan fingerprint density at radius 2 is 1.94 bits per heavy atom. The highest BCUT2D eigenvalue weighted by Crippen LogP contribution is 2.19. The predicted molar refractivity (Wildman–Crippen MR) is 66.6 cm³/mol. The summed E-state index contributed by atoms with van der Waals surface area (Å²) in [6, 6.07) is 3.65. The summed E-state index contributed by atoms with van der Waals surface area (Å²) in [4.78, 5) is 0. The van der Waals surface area contributed by atoms with Crippen LogP contribution in [0.4, 0.5) is 8.78 Å². The zero-order chi connectivity index (χ0) is 12.7. The van der Waals surface area contributed by atoms with Gasteiger partial charge in [0, 0.05) is 6.04 Å². The van der Waals surface area contributed by atoms with Crippen LogP contribution >= 0.6 is 0 Å². The van der Waals surface area contributed by atoms with Gasteiger partial charge in [-0.15, -0.1) is 6.58 Å². The summed E-state index contributed by atoms with van der Waals surface area (Å²) in [7, 11) is 0. The Kier molecular flexibility index (Phi) is 5.84. The van der Waals surface area contributed by atoms with Gasteiger partial charge in [0.05, 0.1) is 0 Å². The molecule has 0 aromatic heterocycles. The normalized spacial score (nSPS) is 12.4. The van der Waals surface area contributed by atoms with Crippen LogP contribution in [0.25, 0.3) is 0 Å². The number of unbranched alkanes of at least 4 members (excludes halogenated alkanes) is 3. The van der Waals surface area contributed by atoms with Crippen LogP contribution < -0.4 is 5.73 Å². The van der Waals surface area contributed by atoms with Crippen LogP contribution in [0.1, 0.15) is 43.7 Å². The number of nitrogens with two attached hydrogens (primary N) is 1. The molecule has 0 radical (unpaired) electrons. The van der Waals surface area contributed by atoms with Crippen molar-refractivity contribution in [2.24, 2.45) is 5.73 Å². The van der Waals surface area contributed by atoms with Gasteiger partial charge in [0.15, 0.2) is 11.6 Å². The first-order valence-electron chi connectivity index (χ1n) is 5.96. The lowest BCUT2D eigenvalue weighted by Crippen LogP contribution is -2.10. The van der Waals surface area contributed by atoms with Crippen molar-refractivity contribution in [3.63, 3.8) is 0 Å². The minimum absolute atomic E-state index is 0.214. The van der Waals surface area contributed by atoms with Crippen LogP contribution in [0.2, 0.25) is 0 Å². The fraction of sp³-hybridized carbons (Fsp3) is 0.429. The third-order valence-electron chi connectivity index (χ3n) is 2.80. The largest absolute Gasteiger partial charge is 0.324 e. The van der Waals surface area contributed by atoms with E-state index < -0.39 is 11.6 Å². The molecule has 0 saturated heterocycles. The topological polar surface area (TPSA) is 26.0 Å². The molecular formula is C14H19F2N. The van der Waals surface area contributed by atoms with Gasteiger partial charge in [0.1, 0.15) is 0 Å². The van der Waals surface area contributed by atoms with Crippen molar-refractivity contribution in [1.82, 2.24) is 0 Å². The summed E-state index contributed by atoms with van der Waals surface area (Å²) in [5, 5.41) is 0. The van der Waals surface area contributed by atoms with E-state index in [4.69, 9.17) is 5.73 Å². The van der Waals surface area contributed by atoms with Gasteiger partial charge in [-0.25, -0.2) is 8.78 Å². The quantitative estimate of drug-likeness (QED) is 0.562. The lowest BCUT2D eigenvalue weighted by Gasteiger charge is -2.12. The Hall–Kier alpha value is -1.22. The summed E-state index contributed by atoms with van der Waals surface area (Å²) in [5.41, 5.74) is 6.58. The first-order valence-corrected chi connectivity index (χ1v) is 5.96. The highest BCUT2D eigenvalue weighted by atomic mass is 19.2. The van der Waals surface area contributed by atoms with Crippen molar-refractivity contribution in [3.8, 4) is 0 Å². The third-order valence-corrected chi connectivity index (χ3v) is 2.80. The molecule has 17 heavy (non-hydrogen) atoms. The molecule has 0 aliphatic carbocycles. The van der Waals surface area contributed by atoms with Crippen LogP contribution in [-0.4, -0.2) is 0 Å². The van der Waals surface area contributed by atoms with Gasteiger partial charge in [0.2, 0.25) is 0 Å². The van der Waals surface area contributed by atoms with Crippen LogP contribution in [0, 0.1) is 11.6 Å². The highest BCUT2D eigenvalue weighted by molar-refractivity contribution is 5.20. The number of halogens is 2. The molecule has 0 aliphatic heterocycles. The molecule has 0 heterocycles. The number of hydrogen-bond acceptors (Lipinski definition) is 1. The molecule has 2 N–H and O–H groups in total. The van der Waals surface area contributed by atoms with Crippen LogP contribution in [-0.2, 0) is 0 Å². The molecule has 0 saturated carbocycles. The van der Waals surface area contributed by atoms with E-state index in [2.05, 4.69) is 6.58 Å². The molecule has 0 amide bonds. The van der Waals surface area contributed by atoms with Crippen LogP contribution in [0.3, 0.4) is 0 Å². The maximum Gasteiger partial charge on any atom is 0.159 e. The fourth-order valence-corrected chi connectivity index (χ4v) is 1.74. The molecule has 0 aliphatic rings. The Morgan fingerprint density at radius 1 is 1.18 bits per heavy atom. The molecule has 1 nitrogen and oxygen atoms in total. The highest BCUT2D eigenvalue weighted by Gasteiger charge is 2.09. The molecule has 0 bridgehead atoms. The molecule has 3 heteroatoms. The van der Waals surface area contributed by atoms with Crippen molar-refractivity contribution in [2.45, 2.75) is 38.1 Å². The molecule has 1 atom stereocenters. The lowest BCUT2D eigenvalue weighted by atomic mass is 10.0. The second-order valence-electron chi connectivity index (χ2n) is 4.21. The number of allylic oxidation sites excluding steroid dienone is 1. The standard InChI is InChI=1S/C14H19F2N/c1-2-3-4-5-6-7-14(17)11-8-9-12(15)13(16)10-11/h2,8-10,14H,1,3-7,17H2. The van der Waals surface area contributed by atoms with Crippen molar-refractivity contribution in [2.75, 3.05) is 0 Å². The number of rotatable bonds is 7. The van der Waals surface area contributed by atoms with Crippen molar-refractivity contribution in [1.29, 1.82) is 0 Å². The zero-order valence-electron chi connectivity index (χ0n) is 9.96. The molecule has 1 unspecified atom stereocenters. The van der Waals surface area contributed by atoms with Gasteiger partial charge in [-0.1, -0.05) is 25.0 Å². The molecule has 94 valence electrons. The lowest BCUT2D eigenvalue weighted by molar-refractivity contribution is 0.502. The van der Waals surface area contributed by atoms with E-state index in [0.717, 1.165) is 38.2 Å². The van der Waals surface area contributed by atoms with Gasteiger partial charge < -0.3 is 5.73 Å². The molecular weight excluding hydrogens is 220 g/mol. The summed E-state index contributed by atoms with van der Waals surface area (Å²) < 4.78 is 25.7. The second kappa shape index (κ2) is 7.17. The molecule has 1 aromatic rings. The average molecular weight is 239 g/mol. The Labute approximate surface area is 101 Å². The third kappa shape index (κ3) is 4.65. The van der Waals surface area contributed by atoms with E-state index >= 15 is 0 Å². The van der Waals surface area contributed by atoms with Crippen molar-refractivity contribution < 1.29 is 8.78 Å². The molecule has 1 rings (SSSR count). The van der Waals surface area contributed by atoms with Gasteiger partial charge >= 0.3 is 0 Å².